The summed E-state index contributed by atoms with van der Waals surface area (Å²) in [5.41, 5.74) is 1.42. The van der Waals surface area contributed by atoms with Gasteiger partial charge in [0.15, 0.2) is 11.0 Å². The molecule has 1 saturated carbocycles. The van der Waals surface area contributed by atoms with Crippen LogP contribution >= 0.6 is 11.8 Å². The highest BCUT2D eigenvalue weighted by molar-refractivity contribution is 7.99. The lowest BCUT2D eigenvalue weighted by atomic mass is 9.98. The maximum absolute atomic E-state index is 12.3. The SMILES string of the molecule is CCn1c(SCC(=O)NC(C)(C#N)C2CC2)nnc1-c1cccc(C)c1. The predicted octanol–water partition coefficient (Wildman–Crippen LogP) is 3.17. The highest BCUT2D eigenvalue weighted by Gasteiger charge is 2.42. The summed E-state index contributed by atoms with van der Waals surface area (Å²) in [6, 6.07) is 10.4. The number of aryl methyl sites for hydroxylation is 1. The van der Waals surface area contributed by atoms with E-state index in [-0.39, 0.29) is 17.6 Å². The van der Waals surface area contributed by atoms with Gasteiger partial charge in [-0.2, -0.15) is 5.26 Å². The number of carbonyl (C=O) groups is 1. The van der Waals surface area contributed by atoms with Gasteiger partial charge in [-0.25, -0.2) is 0 Å². The molecule has 1 aromatic heterocycles. The largest absolute Gasteiger partial charge is 0.337 e. The van der Waals surface area contributed by atoms with Crippen LogP contribution in [-0.2, 0) is 11.3 Å². The first-order valence-electron chi connectivity index (χ1n) is 8.82. The van der Waals surface area contributed by atoms with Crippen LogP contribution in [0.2, 0.25) is 0 Å². The number of benzene rings is 1. The Morgan fingerprint density at radius 2 is 2.23 bits per heavy atom. The lowest BCUT2D eigenvalue weighted by Gasteiger charge is -2.22. The molecule has 7 heteroatoms. The van der Waals surface area contributed by atoms with Gasteiger partial charge in [-0.1, -0.05) is 35.5 Å². The Morgan fingerprint density at radius 3 is 2.85 bits per heavy atom. The van der Waals surface area contributed by atoms with Crippen LogP contribution in [0.5, 0.6) is 0 Å². The molecule has 1 aliphatic carbocycles. The fourth-order valence-electron chi connectivity index (χ4n) is 3.02. The minimum atomic E-state index is -0.761. The van der Waals surface area contributed by atoms with Gasteiger partial charge in [0, 0.05) is 12.1 Å². The van der Waals surface area contributed by atoms with Crippen LogP contribution in [0.4, 0.5) is 0 Å². The van der Waals surface area contributed by atoms with E-state index in [1.807, 2.05) is 36.6 Å². The van der Waals surface area contributed by atoms with Crippen molar-refractivity contribution in [2.75, 3.05) is 5.75 Å². The fourth-order valence-corrected chi connectivity index (χ4v) is 3.82. The molecule has 26 heavy (non-hydrogen) atoms. The number of thioether (sulfide) groups is 1. The van der Waals surface area contributed by atoms with E-state index in [1.54, 1.807) is 6.92 Å². The highest BCUT2D eigenvalue weighted by Crippen LogP contribution is 2.39. The molecular weight excluding hydrogens is 346 g/mol. The van der Waals surface area contributed by atoms with Crippen LogP contribution in [0, 0.1) is 24.2 Å². The molecule has 0 radical (unpaired) electrons. The van der Waals surface area contributed by atoms with Gasteiger partial charge in [-0.3, -0.25) is 4.79 Å². The monoisotopic (exact) mass is 369 g/mol. The smallest absolute Gasteiger partial charge is 0.231 e. The summed E-state index contributed by atoms with van der Waals surface area (Å²) in [6.07, 6.45) is 2.00. The number of nitrogens with zero attached hydrogens (tertiary/aromatic N) is 4. The van der Waals surface area contributed by atoms with Crippen LogP contribution < -0.4 is 5.32 Å². The molecular formula is C19H23N5OS. The minimum Gasteiger partial charge on any atom is -0.337 e. The third-order valence-electron chi connectivity index (χ3n) is 4.67. The predicted molar refractivity (Wildman–Crippen MR) is 101 cm³/mol. The Balaban J connectivity index is 1.69. The van der Waals surface area contributed by atoms with E-state index in [4.69, 9.17) is 0 Å². The first kappa shape index (κ1) is 18.5. The van der Waals surface area contributed by atoms with Gasteiger partial charge in [0.25, 0.3) is 0 Å². The van der Waals surface area contributed by atoms with Crippen molar-refractivity contribution >= 4 is 17.7 Å². The third kappa shape index (κ3) is 3.91. The normalized spacial score (nSPS) is 15.9. The molecule has 2 aromatic rings. The summed E-state index contributed by atoms with van der Waals surface area (Å²) in [5.74, 6) is 1.15. The van der Waals surface area contributed by atoms with Gasteiger partial charge in [0.05, 0.1) is 11.8 Å². The molecule has 0 aliphatic heterocycles. The molecule has 1 aliphatic rings. The summed E-state index contributed by atoms with van der Waals surface area (Å²) in [7, 11) is 0. The van der Waals surface area contributed by atoms with E-state index in [2.05, 4.69) is 27.6 Å². The number of hydrogen-bond donors (Lipinski definition) is 1. The van der Waals surface area contributed by atoms with Crippen molar-refractivity contribution in [2.24, 2.45) is 5.92 Å². The topological polar surface area (TPSA) is 83.6 Å². The molecule has 3 rings (SSSR count). The molecule has 0 bridgehead atoms. The molecule has 1 fully saturated rings. The van der Waals surface area contributed by atoms with Crippen molar-refractivity contribution in [1.29, 1.82) is 5.26 Å². The second-order valence-corrected chi connectivity index (χ2v) is 7.79. The quantitative estimate of drug-likeness (QED) is 0.758. The molecule has 1 aromatic carbocycles. The molecule has 0 spiro atoms. The summed E-state index contributed by atoms with van der Waals surface area (Å²) in [5, 5.41) is 21.5. The molecule has 6 nitrogen and oxygen atoms in total. The van der Waals surface area contributed by atoms with Crippen molar-refractivity contribution in [1.82, 2.24) is 20.1 Å². The Kier molecular flexibility index (Phi) is 5.33. The van der Waals surface area contributed by atoms with Gasteiger partial charge >= 0.3 is 0 Å². The Bertz CT molecular complexity index is 852. The van der Waals surface area contributed by atoms with Crippen LogP contribution in [0.15, 0.2) is 29.4 Å². The van der Waals surface area contributed by atoms with Crippen LogP contribution in [0.3, 0.4) is 0 Å². The molecule has 1 unspecified atom stereocenters. The Morgan fingerprint density at radius 1 is 1.46 bits per heavy atom. The first-order chi connectivity index (χ1) is 12.5. The summed E-state index contributed by atoms with van der Waals surface area (Å²) in [4.78, 5) is 12.3. The number of aromatic nitrogens is 3. The van der Waals surface area contributed by atoms with E-state index >= 15 is 0 Å². The number of nitriles is 1. The third-order valence-corrected chi connectivity index (χ3v) is 5.63. The molecule has 0 saturated heterocycles. The summed E-state index contributed by atoms with van der Waals surface area (Å²) in [6.45, 7) is 6.60. The first-order valence-corrected chi connectivity index (χ1v) is 9.80. The number of carbonyl (C=O) groups excluding carboxylic acids is 1. The van der Waals surface area contributed by atoms with Crippen molar-refractivity contribution < 1.29 is 4.79 Å². The average Bonchev–Trinajstić information content (AvgIpc) is 3.40. The second kappa shape index (κ2) is 7.50. The van der Waals surface area contributed by atoms with Gasteiger partial charge in [-0.15, -0.1) is 10.2 Å². The van der Waals surface area contributed by atoms with Crippen LogP contribution in [-0.4, -0.2) is 32.0 Å². The fraction of sp³-hybridized carbons (Fsp3) is 0.474. The van der Waals surface area contributed by atoms with E-state index in [0.29, 0.717) is 5.16 Å². The van der Waals surface area contributed by atoms with Crippen molar-refractivity contribution in [2.45, 2.75) is 50.9 Å². The molecule has 1 N–H and O–H groups in total. The maximum atomic E-state index is 12.3. The number of rotatable bonds is 7. The van der Waals surface area contributed by atoms with Crippen molar-refractivity contribution in [3.05, 3.63) is 29.8 Å². The lowest BCUT2D eigenvalue weighted by Crippen LogP contribution is -2.47. The zero-order valence-electron chi connectivity index (χ0n) is 15.3. The lowest BCUT2D eigenvalue weighted by molar-refractivity contribution is -0.119. The Labute approximate surface area is 158 Å². The van der Waals surface area contributed by atoms with Crippen LogP contribution in [0.25, 0.3) is 11.4 Å². The zero-order chi connectivity index (χ0) is 18.7. The zero-order valence-corrected chi connectivity index (χ0v) is 16.1. The highest BCUT2D eigenvalue weighted by atomic mass is 32.2. The van der Waals surface area contributed by atoms with Gasteiger partial charge in [0.2, 0.25) is 5.91 Å². The van der Waals surface area contributed by atoms with Crippen LogP contribution in [0.1, 0.15) is 32.3 Å². The van der Waals surface area contributed by atoms with Gasteiger partial charge in [-0.05, 0) is 45.6 Å². The van der Waals surface area contributed by atoms with E-state index in [0.717, 1.165) is 36.3 Å². The number of nitrogens with one attached hydrogen (secondary N) is 1. The molecule has 1 amide bonds. The van der Waals surface area contributed by atoms with E-state index in [1.165, 1.54) is 11.8 Å². The second-order valence-electron chi connectivity index (χ2n) is 6.85. The number of hydrogen-bond acceptors (Lipinski definition) is 5. The molecule has 1 heterocycles. The number of amides is 1. The maximum Gasteiger partial charge on any atom is 0.231 e. The summed E-state index contributed by atoms with van der Waals surface area (Å²) >= 11 is 1.35. The van der Waals surface area contributed by atoms with Gasteiger partial charge in [0.1, 0.15) is 5.54 Å². The van der Waals surface area contributed by atoms with E-state index in [9.17, 15) is 10.1 Å². The minimum absolute atomic E-state index is 0.145. The summed E-state index contributed by atoms with van der Waals surface area (Å²) < 4.78 is 2.01. The average molecular weight is 369 g/mol. The van der Waals surface area contributed by atoms with Crippen molar-refractivity contribution in [3.63, 3.8) is 0 Å². The standard InChI is InChI=1S/C19H23N5OS/c1-4-24-17(14-7-5-6-13(2)10-14)22-23-18(24)26-11-16(25)21-19(3,12-20)15-8-9-15/h5-7,10,15H,4,8-9,11H2,1-3H3,(H,21,25). The Hall–Kier alpha value is -2.33. The molecule has 1 atom stereocenters. The van der Waals surface area contributed by atoms with Crippen molar-refractivity contribution in [3.8, 4) is 17.5 Å². The van der Waals surface area contributed by atoms with Gasteiger partial charge < -0.3 is 9.88 Å². The molecule has 136 valence electrons. The van der Waals surface area contributed by atoms with E-state index < -0.39 is 5.54 Å².